The van der Waals surface area contributed by atoms with Gasteiger partial charge in [0.15, 0.2) is 29.4 Å². The summed E-state index contributed by atoms with van der Waals surface area (Å²) in [6.07, 6.45) is 1.53. The number of benzene rings is 7. The summed E-state index contributed by atoms with van der Waals surface area (Å²) < 4.78 is 8.12. The van der Waals surface area contributed by atoms with Gasteiger partial charge in [0.05, 0.1) is 11.0 Å². The minimum Gasteiger partial charge on any atom is -0.443 e. The summed E-state index contributed by atoms with van der Waals surface area (Å²) in [5.74, 6) is 1.92. The smallest absolute Gasteiger partial charge is 0.181 e. The van der Waals surface area contributed by atoms with E-state index < -0.39 is 0 Å². The van der Waals surface area contributed by atoms with Crippen molar-refractivity contribution in [3.8, 4) is 62.1 Å². The van der Waals surface area contributed by atoms with Crippen LogP contribution in [0, 0.1) is 0 Å². The van der Waals surface area contributed by atoms with Gasteiger partial charge in [-0.3, -0.25) is 0 Å². The van der Waals surface area contributed by atoms with Crippen LogP contribution in [0.25, 0.3) is 95.0 Å². The number of nitrogens with zero attached hydrogens (tertiary/aromatic N) is 5. The fourth-order valence-corrected chi connectivity index (χ4v) is 8.40. The lowest BCUT2D eigenvalue weighted by atomic mass is 9.82. The van der Waals surface area contributed by atoms with Crippen molar-refractivity contribution in [2.45, 2.75) is 19.3 Å². The predicted molar refractivity (Wildman–Crippen MR) is 221 cm³/mol. The minimum absolute atomic E-state index is 0.223. The number of oxazole rings is 1. The highest BCUT2D eigenvalue weighted by Crippen LogP contribution is 2.51. The third-order valence-electron chi connectivity index (χ3n) is 11.2. The van der Waals surface area contributed by atoms with Crippen LogP contribution >= 0.6 is 0 Å². The second-order valence-corrected chi connectivity index (χ2v) is 14.8. The monoisotopic (exact) mass is 707 g/mol. The molecule has 10 aromatic rings. The molecule has 0 fully saturated rings. The number of hydrogen-bond acceptors (Lipinski definition) is 5. The van der Waals surface area contributed by atoms with Crippen LogP contribution in [0.4, 0.5) is 0 Å². The van der Waals surface area contributed by atoms with Crippen LogP contribution in [0.2, 0.25) is 0 Å². The molecule has 6 nitrogen and oxygen atoms in total. The van der Waals surface area contributed by atoms with Crippen molar-refractivity contribution in [1.82, 2.24) is 24.5 Å². The molecule has 3 heterocycles. The standard InChI is InChI=1S/C49H33N5O/c1-49(2)40-26-35(20-21-36(40)37-27-42-45(28-41(37)49)55-29-50-42)54-43-22-18-33(30-12-6-3-7-13-30)24-38(43)39-25-34(19-23-44(39)54)48-52-46(31-14-8-4-9-15-31)51-47(53-48)32-16-10-5-11-17-32/h3-29H,1-2H3. The lowest BCUT2D eigenvalue weighted by Gasteiger charge is -2.22. The lowest BCUT2D eigenvalue weighted by Crippen LogP contribution is -2.15. The van der Waals surface area contributed by atoms with E-state index in [1.54, 1.807) is 0 Å². The molecule has 3 aromatic heterocycles. The maximum atomic E-state index is 5.73. The summed E-state index contributed by atoms with van der Waals surface area (Å²) in [6.45, 7) is 4.60. The Bertz CT molecular complexity index is 3050. The second kappa shape index (κ2) is 11.9. The van der Waals surface area contributed by atoms with Gasteiger partial charge in [-0.05, 0) is 88.0 Å². The van der Waals surface area contributed by atoms with Gasteiger partial charge < -0.3 is 8.98 Å². The highest BCUT2D eigenvalue weighted by Gasteiger charge is 2.36. The van der Waals surface area contributed by atoms with E-state index in [0.717, 1.165) is 55.3 Å². The van der Waals surface area contributed by atoms with Crippen molar-refractivity contribution in [3.63, 3.8) is 0 Å². The fraction of sp³-hybridized carbons (Fsp3) is 0.0612. The maximum Gasteiger partial charge on any atom is 0.181 e. The molecule has 0 atom stereocenters. The molecule has 0 saturated carbocycles. The summed E-state index contributed by atoms with van der Waals surface area (Å²) in [4.78, 5) is 19.5. The largest absolute Gasteiger partial charge is 0.443 e. The van der Waals surface area contributed by atoms with Gasteiger partial charge in [-0.15, -0.1) is 0 Å². The molecule has 0 unspecified atom stereocenters. The Hall–Kier alpha value is -7.18. The Kier molecular flexibility index (Phi) is 6.79. The van der Waals surface area contributed by atoms with Crippen molar-refractivity contribution in [2.75, 3.05) is 0 Å². The normalized spacial score (nSPS) is 13.1. The van der Waals surface area contributed by atoms with Crippen LogP contribution in [0.1, 0.15) is 25.0 Å². The van der Waals surface area contributed by atoms with Gasteiger partial charge in [0.2, 0.25) is 0 Å². The van der Waals surface area contributed by atoms with Crippen LogP contribution in [0.3, 0.4) is 0 Å². The number of fused-ring (bicyclic) bond motifs is 7. The van der Waals surface area contributed by atoms with Gasteiger partial charge >= 0.3 is 0 Å². The molecule has 55 heavy (non-hydrogen) atoms. The fourth-order valence-electron chi connectivity index (χ4n) is 8.40. The Morgan fingerprint density at radius 2 is 1.02 bits per heavy atom. The molecule has 6 heteroatoms. The van der Waals surface area contributed by atoms with Gasteiger partial charge in [-0.25, -0.2) is 19.9 Å². The van der Waals surface area contributed by atoms with Crippen LogP contribution in [0.5, 0.6) is 0 Å². The Morgan fingerprint density at radius 1 is 0.473 bits per heavy atom. The van der Waals surface area contributed by atoms with E-state index in [9.17, 15) is 0 Å². The lowest BCUT2D eigenvalue weighted by molar-refractivity contribution is 0.598. The van der Waals surface area contributed by atoms with E-state index in [-0.39, 0.29) is 5.41 Å². The highest BCUT2D eigenvalue weighted by atomic mass is 16.3. The maximum absolute atomic E-state index is 5.73. The molecule has 0 aliphatic heterocycles. The first kappa shape index (κ1) is 31.4. The van der Waals surface area contributed by atoms with E-state index >= 15 is 0 Å². The average molecular weight is 708 g/mol. The second-order valence-electron chi connectivity index (χ2n) is 14.8. The molecule has 1 aliphatic rings. The molecule has 0 amide bonds. The summed E-state index contributed by atoms with van der Waals surface area (Å²) in [5.41, 5.74) is 15.0. The predicted octanol–water partition coefficient (Wildman–Crippen LogP) is 12.1. The Labute approximate surface area is 317 Å². The van der Waals surface area contributed by atoms with E-state index in [2.05, 4.69) is 120 Å². The number of aromatic nitrogens is 5. The van der Waals surface area contributed by atoms with Gasteiger partial charge in [-0.1, -0.05) is 117 Å². The first-order valence-corrected chi connectivity index (χ1v) is 18.5. The Balaban J connectivity index is 1.13. The van der Waals surface area contributed by atoms with Crippen LogP contribution < -0.4 is 0 Å². The van der Waals surface area contributed by atoms with E-state index in [4.69, 9.17) is 19.4 Å². The SMILES string of the molecule is CC1(C)c2cc(-n3c4ccc(-c5ccccc5)cc4c4cc(-c5nc(-c6ccccc6)nc(-c6ccccc6)n5)ccc43)ccc2-c2cc3ncoc3cc21. The van der Waals surface area contributed by atoms with E-state index in [1.165, 1.54) is 39.8 Å². The molecule has 11 rings (SSSR count). The van der Waals surface area contributed by atoms with Crippen LogP contribution in [-0.4, -0.2) is 24.5 Å². The third-order valence-corrected chi connectivity index (χ3v) is 11.2. The quantitative estimate of drug-likeness (QED) is 0.178. The van der Waals surface area contributed by atoms with Gasteiger partial charge in [0, 0.05) is 38.6 Å². The topological polar surface area (TPSA) is 69.6 Å². The summed E-state index contributed by atoms with van der Waals surface area (Å²) in [7, 11) is 0. The molecule has 1 aliphatic carbocycles. The molecular weight excluding hydrogens is 675 g/mol. The summed E-state index contributed by atoms with van der Waals surface area (Å²) >= 11 is 0. The van der Waals surface area contributed by atoms with Crippen LogP contribution in [-0.2, 0) is 5.41 Å². The van der Waals surface area contributed by atoms with Crippen molar-refractivity contribution in [2.24, 2.45) is 0 Å². The van der Waals surface area contributed by atoms with Crippen LogP contribution in [0.15, 0.2) is 169 Å². The Morgan fingerprint density at radius 3 is 1.65 bits per heavy atom. The molecule has 0 spiro atoms. The van der Waals surface area contributed by atoms with Gasteiger partial charge in [-0.2, -0.15) is 0 Å². The van der Waals surface area contributed by atoms with Crippen molar-refractivity contribution in [3.05, 3.63) is 175 Å². The molecular formula is C49H33N5O. The van der Waals surface area contributed by atoms with Crippen molar-refractivity contribution >= 4 is 32.9 Å². The molecule has 0 saturated heterocycles. The number of rotatable bonds is 5. The minimum atomic E-state index is -0.223. The zero-order valence-electron chi connectivity index (χ0n) is 30.2. The first-order chi connectivity index (χ1) is 27.0. The van der Waals surface area contributed by atoms with E-state index in [1.807, 2.05) is 60.7 Å². The molecule has 0 radical (unpaired) electrons. The van der Waals surface area contributed by atoms with Gasteiger partial charge in [0.1, 0.15) is 5.52 Å². The molecule has 7 aromatic carbocycles. The first-order valence-electron chi connectivity index (χ1n) is 18.5. The molecule has 0 N–H and O–H groups in total. The van der Waals surface area contributed by atoms with Crippen molar-refractivity contribution in [1.29, 1.82) is 0 Å². The zero-order valence-corrected chi connectivity index (χ0v) is 30.2. The summed E-state index contributed by atoms with van der Waals surface area (Å²) in [6, 6.07) is 55.5. The average Bonchev–Trinajstić information content (AvgIpc) is 3.91. The number of hydrogen-bond donors (Lipinski definition) is 0. The summed E-state index contributed by atoms with van der Waals surface area (Å²) in [5, 5.41) is 2.29. The zero-order chi connectivity index (χ0) is 36.7. The third kappa shape index (κ3) is 4.95. The van der Waals surface area contributed by atoms with E-state index in [0.29, 0.717) is 17.5 Å². The van der Waals surface area contributed by atoms with Crippen molar-refractivity contribution < 1.29 is 4.42 Å². The highest BCUT2D eigenvalue weighted by molar-refractivity contribution is 6.11. The molecule has 260 valence electrons. The van der Waals surface area contributed by atoms with Gasteiger partial charge in [0.25, 0.3) is 0 Å². The molecule has 0 bridgehead atoms.